The third kappa shape index (κ3) is 4.92. The zero-order valence-electron chi connectivity index (χ0n) is 13.3. The standard InChI is InChI=1S/C18H30N2/c1-18(2,3)13-17(19)10-12-20-11-9-16(14-20)15-7-5-4-6-8-15/h4-8,16-17H,9-14,19H2,1-3H3. The Bertz CT molecular complexity index is 394. The third-order valence-electron chi connectivity index (χ3n) is 4.23. The minimum absolute atomic E-state index is 0.339. The van der Waals surface area contributed by atoms with Crippen molar-refractivity contribution in [1.82, 2.24) is 4.90 Å². The highest BCUT2D eigenvalue weighted by Gasteiger charge is 2.24. The van der Waals surface area contributed by atoms with Crippen LogP contribution < -0.4 is 5.73 Å². The summed E-state index contributed by atoms with van der Waals surface area (Å²) < 4.78 is 0. The summed E-state index contributed by atoms with van der Waals surface area (Å²) in [5.41, 5.74) is 8.10. The molecule has 2 rings (SSSR count). The summed E-state index contributed by atoms with van der Waals surface area (Å²) in [4.78, 5) is 2.58. The van der Waals surface area contributed by atoms with Gasteiger partial charge in [-0.1, -0.05) is 51.1 Å². The first-order valence-electron chi connectivity index (χ1n) is 7.97. The molecule has 1 heterocycles. The molecule has 1 fully saturated rings. The predicted octanol–water partition coefficient (Wildman–Crippen LogP) is 3.63. The van der Waals surface area contributed by atoms with Crippen molar-refractivity contribution >= 4 is 0 Å². The van der Waals surface area contributed by atoms with Crippen LogP contribution in [0.2, 0.25) is 0 Å². The van der Waals surface area contributed by atoms with Crippen molar-refractivity contribution in [2.24, 2.45) is 11.1 Å². The van der Waals surface area contributed by atoms with Gasteiger partial charge in [0.25, 0.3) is 0 Å². The summed E-state index contributed by atoms with van der Waals surface area (Å²) in [5, 5.41) is 0. The number of nitrogens with zero attached hydrogens (tertiary/aromatic N) is 1. The van der Waals surface area contributed by atoms with Gasteiger partial charge in [-0.3, -0.25) is 0 Å². The van der Waals surface area contributed by atoms with Crippen LogP contribution in [0, 0.1) is 5.41 Å². The van der Waals surface area contributed by atoms with E-state index in [0.29, 0.717) is 11.5 Å². The highest BCUT2D eigenvalue weighted by atomic mass is 15.1. The van der Waals surface area contributed by atoms with Crippen molar-refractivity contribution in [1.29, 1.82) is 0 Å². The van der Waals surface area contributed by atoms with E-state index < -0.39 is 0 Å². The summed E-state index contributed by atoms with van der Waals surface area (Å²) in [6.45, 7) is 10.4. The molecule has 1 aromatic carbocycles. The molecule has 1 aliphatic heterocycles. The van der Waals surface area contributed by atoms with E-state index in [0.717, 1.165) is 25.3 Å². The van der Waals surface area contributed by atoms with E-state index >= 15 is 0 Å². The molecule has 2 N–H and O–H groups in total. The van der Waals surface area contributed by atoms with Crippen molar-refractivity contribution < 1.29 is 0 Å². The molecule has 2 atom stereocenters. The Balaban J connectivity index is 1.74. The van der Waals surface area contributed by atoms with E-state index in [-0.39, 0.29) is 0 Å². The maximum atomic E-state index is 6.26. The van der Waals surface area contributed by atoms with E-state index in [9.17, 15) is 0 Å². The predicted molar refractivity (Wildman–Crippen MR) is 86.9 cm³/mol. The van der Waals surface area contributed by atoms with Crippen molar-refractivity contribution in [2.45, 2.75) is 52.0 Å². The van der Waals surface area contributed by atoms with Crippen molar-refractivity contribution in [3.63, 3.8) is 0 Å². The van der Waals surface area contributed by atoms with Crippen LogP contribution in [0.1, 0.15) is 51.5 Å². The molecule has 0 amide bonds. The van der Waals surface area contributed by atoms with Gasteiger partial charge in [-0.2, -0.15) is 0 Å². The molecule has 20 heavy (non-hydrogen) atoms. The fraction of sp³-hybridized carbons (Fsp3) is 0.667. The Morgan fingerprint density at radius 3 is 2.60 bits per heavy atom. The molecule has 1 saturated heterocycles. The van der Waals surface area contributed by atoms with Gasteiger partial charge in [0.1, 0.15) is 0 Å². The minimum Gasteiger partial charge on any atom is -0.328 e. The van der Waals surface area contributed by atoms with Crippen LogP contribution in [-0.2, 0) is 0 Å². The SMILES string of the molecule is CC(C)(C)CC(N)CCN1CCC(c2ccccc2)C1. The van der Waals surface area contributed by atoms with Gasteiger partial charge in [0.2, 0.25) is 0 Å². The molecule has 1 aliphatic rings. The van der Waals surface area contributed by atoms with Crippen LogP contribution in [0.15, 0.2) is 30.3 Å². The van der Waals surface area contributed by atoms with Gasteiger partial charge in [0.05, 0.1) is 0 Å². The van der Waals surface area contributed by atoms with Gasteiger partial charge in [-0.15, -0.1) is 0 Å². The Hall–Kier alpha value is -0.860. The lowest BCUT2D eigenvalue weighted by molar-refractivity contribution is 0.281. The molecular weight excluding hydrogens is 244 g/mol. The lowest BCUT2D eigenvalue weighted by Gasteiger charge is -2.25. The molecule has 0 aliphatic carbocycles. The number of rotatable bonds is 5. The molecule has 0 aromatic heterocycles. The van der Waals surface area contributed by atoms with Crippen LogP contribution in [0.3, 0.4) is 0 Å². The fourth-order valence-electron chi connectivity index (χ4n) is 3.27. The van der Waals surface area contributed by atoms with Crippen molar-refractivity contribution in [3.05, 3.63) is 35.9 Å². The Morgan fingerprint density at radius 1 is 1.25 bits per heavy atom. The Morgan fingerprint density at radius 2 is 1.95 bits per heavy atom. The van der Waals surface area contributed by atoms with Gasteiger partial charge in [-0.25, -0.2) is 0 Å². The molecule has 2 unspecified atom stereocenters. The summed E-state index contributed by atoms with van der Waals surface area (Å²) in [6.07, 6.45) is 3.53. The summed E-state index contributed by atoms with van der Waals surface area (Å²) >= 11 is 0. The molecule has 2 heteroatoms. The lowest BCUT2D eigenvalue weighted by atomic mass is 9.87. The third-order valence-corrected chi connectivity index (χ3v) is 4.23. The monoisotopic (exact) mass is 274 g/mol. The molecule has 1 aromatic rings. The molecule has 0 spiro atoms. The number of hydrogen-bond donors (Lipinski definition) is 1. The van der Waals surface area contributed by atoms with Gasteiger partial charge in [-0.05, 0) is 49.2 Å². The highest BCUT2D eigenvalue weighted by Crippen LogP contribution is 2.27. The molecule has 0 radical (unpaired) electrons. The average Bonchev–Trinajstić information content (AvgIpc) is 2.84. The van der Waals surface area contributed by atoms with E-state index in [2.05, 4.69) is 56.0 Å². The largest absolute Gasteiger partial charge is 0.328 e. The summed E-state index contributed by atoms with van der Waals surface area (Å²) in [7, 11) is 0. The van der Waals surface area contributed by atoms with Crippen LogP contribution >= 0.6 is 0 Å². The quantitative estimate of drug-likeness (QED) is 0.888. The number of benzene rings is 1. The topological polar surface area (TPSA) is 29.3 Å². The smallest absolute Gasteiger partial charge is 0.00559 e. The normalized spacial score (nSPS) is 22.1. The van der Waals surface area contributed by atoms with Crippen molar-refractivity contribution in [2.75, 3.05) is 19.6 Å². The van der Waals surface area contributed by atoms with Gasteiger partial charge in [0.15, 0.2) is 0 Å². The molecule has 0 bridgehead atoms. The second-order valence-electron chi connectivity index (χ2n) is 7.51. The Kier molecular flexibility index (Phi) is 5.22. The van der Waals surface area contributed by atoms with E-state index in [4.69, 9.17) is 5.73 Å². The van der Waals surface area contributed by atoms with Crippen LogP contribution in [0.4, 0.5) is 0 Å². The zero-order valence-corrected chi connectivity index (χ0v) is 13.3. The second-order valence-corrected chi connectivity index (χ2v) is 7.51. The van der Waals surface area contributed by atoms with E-state index in [1.165, 1.54) is 25.1 Å². The maximum Gasteiger partial charge on any atom is 0.00559 e. The molecule has 0 saturated carbocycles. The van der Waals surface area contributed by atoms with Gasteiger partial charge in [0, 0.05) is 12.6 Å². The van der Waals surface area contributed by atoms with Crippen LogP contribution in [0.5, 0.6) is 0 Å². The van der Waals surface area contributed by atoms with Gasteiger partial charge < -0.3 is 10.6 Å². The van der Waals surface area contributed by atoms with Crippen molar-refractivity contribution in [3.8, 4) is 0 Å². The highest BCUT2D eigenvalue weighted by molar-refractivity contribution is 5.20. The second kappa shape index (κ2) is 6.73. The first-order valence-corrected chi connectivity index (χ1v) is 7.97. The fourth-order valence-corrected chi connectivity index (χ4v) is 3.27. The molecular formula is C18H30N2. The number of hydrogen-bond acceptors (Lipinski definition) is 2. The summed E-state index contributed by atoms with van der Waals surface area (Å²) in [6, 6.07) is 11.3. The van der Waals surface area contributed by atoms with E-state index in [1.54, 1.807) is 0 Å². The minimum atomic E-state index is 0.339. The average molecular weight is 274 g/mol. The molecule has 2 nitrogen and oxygen atoms in total. The zero-order chi connectivity index (χ0) is 14.6. The van der Waals surface area contributed by atoms with Gasteiger partial charge >= 0.3 is 0 Å². The maximum absolute atomic E-state index is 6.26. The van der Waals surface area contributed by atoms with Crippen LogP contribution in [-0.4, -0.2) is 30.6 Å². The number of likely N-dealkylation sites (tertiary alicyclic amines) is 1. The Labute approximate surface area is 124 Å². The first-order chi connectivity index (χ1) is 9.44. The summed E-state index contributed by atoms with van der Waals surface area (Å²) in [5.74, 6) is 0.718. The number of nitrogens with two attached hydrogens (primary N) is 1. The van der Waals surface area contributed by atoms with Crippen LogP contribution in [0.25, 0.3) is 0 Å². The lowest BCUT2D eigenvalue weighted by Crippen LogP contribution is -2.32. The molecule has 112 valence electrons. The first kappa shape index (κ1) is 15.5. The van der Waals surface area contributed by atoms with E-state index in [1.807, 2.05) is 0 Å².